The van der Waals surface area contributed by atoms with Crippen LogP contribution < -0.4 is 5.32 Å². The van der Waals surface area contributed by atoms with Gasteiger partial charge in [0, 0.05) is 5.92 Å². The number of methoxy groups -OCH3 is 2. The maximum Gasteiger partial charge on any atom is 0.435 e. The largest absolute Gasteiger partial charge is 0.465 e. The van der Waals surface area contributed by atoms with E-state index in [4.69, 9.17) is 0 Å². The molecule has 0 unspecified atom stereocenters. The molecule has 0 atom stereocenters. The van der Waals surface area contributed by atoms with Crippen LogP contribution in [0.25, 0.3) is 10.2 Å². The van der Waals surface area contributed by atoms with Gasteiger partial charge in [0.05, 0.1) is 24.4 Å². The first-order valence-electron chi connectivity index (χ1n) is 7.05. The monoisotopic (exact) mass is 337 g/mol. The standard InChI is InChI=1S/C14H15N3O5S/c1-21-13(19)9-6-8-10(23-9)11(16-17(8)14(20)22-2)15-12(18)7-4-3-5-7/h6-7H,3-5H2,1-2H3,(H,15,16,18). The molecular formula is C14H15N3O5S. The third kappa shape index (κ3) is 2.67. The second-order valence-corrected chi connectivity index (χ2v) is 6.22. The maximum absolute atomic E-state index is 12.1. The van der Waals surface area contributed by atoms with Crippen molar-refractivity contribution in [2.24, 2.45) is 5.92 Å². The normalized spacial score (nSPS) is 14.3. The Hall–Kier alpha value is -2.42. The Balaban J connectivity index is 2.01. The first-order chi connectivity index (χ1) is 11.0. The van der Waals surface area contributed by atoms with E-state index in [2.05, 4.69) is 19.9 Å². The fourth-order valence-corrected chi connectivity index (χ4v) is 3.30. The molecule has 3 rings (SSSR count). The highest BCUT2D eigenvalue weighted by molar-refractivity contribution is 7.21. The molecule has 8 nitrogen and oxygen atoms in total. The van der Waals surface area contributed by atoms with Gasteiger partial charge in [-0.05, 0) is 18.9 Å². The van der Waals surface area contributed by atoms with Crippen molar-refractivity contribution in [3.05, 3.63) is 10.9 Å². The van der Waals surface area contributed by atoms with Crippen LogP contribution in [0.3, 0.4) is 0 Å². The molecule has 0 spiro atoms. The summed E-state index contributed by atoms with van der Waals surface area (Å²) in [5.74, 6) is -0.407. The van der Waals surface area contributed by atoms with E-state index in [0.717, 1.165) is 35.3 Å². The van der Waals surface area contributed by atoms with Crippen LogP contribution in [-0.4, -0.2) is 42.0 Å². The van der Waals surface area contributed by atoms with Gasteiger partial charge in [-0.1, -0.05) is 6.42 Å². The quantitative estimate of drug-likeness (QED) is 0.862. The first kappa shape index (κ1) is 15.5. The molecule has 0 aromatic carbocycles. The van der Waals surface area contributed by atoms with Crippen molar-refractivity contribution in [3.63, 3.8) is 0 Å². The fourth-order valence-electron chi connectivity index (χ4n) is 2.31. The number of esters is 1. The molecule has 122 valence electrons. The lowest BCUT2D eigenvalue weighted by molar-refractivity contribution is -0.122. The van der Waals surface area contributed by atoms with Crippen LogP contribution >= 0.6 is 11.3 Å². The van der Waals surface area contributed by atoms with Crippen molar-refractivity contribution in [1.82, 2.24) is 9.78 Å². The van der Waals surface area contributed by atoms with Crippen LogP contribution in [0.2, 0.25) is 0 Å². The number of carbonyl (C=O) groups is 3. The summed E-state index contributed by atoms with van der Waals surface area (Å²) in [5.41, 5.74) is 0.395. The highest BCUT2D eigenvalue weighted by atomic mass is 32.1. The summed E-state index contributed by atoms with van der Waals surface area (Å²) in [5, 5.41) is 6.83. The van der Waals surface area contributed by atoms with Gasteiger partial charge < -0.3 is 14.8 Å². The molecule has 0 saturated heterocycles. The van der Waals surface area contributed by atoms with Crippen LogP contribution in [0.15, 0.2) is 6.07 Å². The van der Waals surface area contributed by atoms with E-state index in [1.807, 2.05) is 0 Å². The number of fused-ring (bicyclic) bond motifs is 1. The Kier molecular flexibility index (Phi) is 4.03. The highest BCUT2D eigenvalue weighted by Gasteiger charge is 2.28. The molecule has 1 fully saturated rings. The number of ether oxygens (including phenoxy) is 2. The lowest BCUT2D eigenvalue weighted by Gasteiger charge is -2.23. The number of nitrogens with zero attached hydrogens (tertiary/aromatic N) is 2. The number of hydrogen-bond donors (Lipinski definition) is 1. The zero-order valence-corrected chi connectivity index (χ0v) is 13.4. The minimum atomic E-state index is -0.701. The summed E-state index contributed by atoms with van der Waals surface area (Å²) in [7, 11) is 2.51. The van der Waals surface area contributed by atoms with Gasteiger partial charge in [-0.15, -0.1) is 16.4 Å². The number of rotatable bonds is 3. The SMILES string of the molecule is COC(=O)c1cc2c(s1)c(NC(=O)C1CCC1)nn2C(=O)OC. The molecule has 1 aliphatic carbocycles. The van der Waals surface area contributed by atoms with Gasteiger partial charge in [0.1, 0.15) is 4.88 Å². The Morgan fingerprint density at radius 2 is 2.04 bits per heavy atom. The average molecular weight is 337 g/mol. The van der Waals surface area contributed by atoms with Gasteiger partial charge in [0.2, 0.25) is 5.91 Å². The first-order valence-corrected chi connectivity index (χ1v) is 7.87. The van der Waals surface area contributed by atoms with Crippen molar-refractivity contribution in [2.45, 2.75) is 19.3 Å². The molecule has 23 heavy (non-hydrogen) atoms. The van der Waals surface area contributed by atoms with Crippen LogP contribution in [0, 0.1) is 5.92 Å². The molecular weight excluding hydrogens is 322 g/mol. The minimum absolute atomic E-state index is 0.0200. The number of anilines is 1. The second-order valence-electron chi connectivity index (χ2n) is 5.16. The Morgan fingerprint density at radius 3 is 2.61 bits per heavy atom. The topological polar surface area (TPSA) is 99.5 Å². The molecule has 0 aliphatic heterocycles. The third-order valence-electron chi connectivity index (χ3n) is 3.81. The molecule has 2 heterocycles. The third-order valence-corrected chi connectivity index (χ3v) is 4.92. The molecule has 1 amide bonds. The predicted molar refractivity (Wildman–Crippen MR) is 82.7 cm³/mol. The molecule has 2 aromatic rings. The van der Waals surface area contributed by atoms with E-state index < -0.39 is 12.1 Å². The average Bonchev–Trinajstić information content (AvgIpc) is 3.04. The van der Waals surface area contributed by atoms with Crippen LogP contribution in [-0.2, 0) is 14.3 Å². The molecule has 9 heteroatoms. The second kappa shape index (κ2) is 5.99. The van der Waals surface area contributed by atoms with Crippen molar-refractivity contribution in [3.8, 4) is 0 Å². The summed E-state index contributed by atoms with van der Waals surface area (Å²) in [4.78, 5) is 36.0. The van der Waals surface area contributed by atoms with E-state index in [-0.39, 0.29) is 17.6 Å². The van der Waals surface area contributed by atoms with Crippen molar-refractivity contribution in [2.75, 3.05) is 19.5 Å². The number of hydrogen-bond acceptors (Lipinski definition) is 7. The smallest absolute Gasteiger partial charge is 0.435 e. The summed E-state index contributed by atoms with van der Waals surface area (Å²) in [6.07, 6.45) is 2.04. The van der Waals surface area contributed by atoms with E-state index in [1.54, 1.807) is 0 Å². The summed E-state index contributed by atoms with van der Waals surface area (Å²) in [6, 6.07) is 1.49. The number of nitrogens with one attached hydrogen (secondary N) is 1. The van der Waals surface area contributed by atoms with Gasteiger partial charge >= 0.3 is 12.1 Å². The fraction of sp³-hybridized carbons (Fsp3) is 0.429. The maximum atomic E-state index is 12.1. The minimum Gasteiger partial charge on any atom is -0.465 e. The molecule has 2 aromatic heterocycles. The molecule has 1 saturated carbocycles. The Morgan fingerprint density at radius 1 is 1.30 bits per heavy atom. The number of carbonyl (C=O) groups excluding carboxylic acids is 3. The van der Waals surface area contributed by atoms with Crippen LogP contribution in [0.4, 0.5) is 10.6 Å². The van der Waals surface area contributed by atoms with Crippen LogP contribution in [0.5, 0.6) is 0 Å². The Labute approximate surface area is 135 Å². The molecule has 1 N–H and O–H groups in total. The van der Waals surface area contributed by atoms with E-state index in [0.29, 0.717) is 15.1 Å². The number of amides is 1. The highest BCUT2D eigenvalue weighted by Crippen LogP contribution is 2.34. The molecule has 1 aliphatic rings. The number of aromatic nitrogens is 2. The van der Waals surface area contributed by atoms with Gasteiger partial charge in [-0.25, -0.2) is 9.59 Å². The molecule has 0 bridgehead atoms. The summed E-state index contributed by atoms with van der Waals surface area (Å²) >= 11 is 1.10. The van der Waals surface area contributed by atoms with Gasteiger partial charge in [0.25, 0.3) is 0 Å². The van der Waals surface area contributed by atoms with Crippen LogP contribution in [0.1, 0.15) is 28.9 Å². The Bertz CT molecular complexity index is 790. The van der Waals surface area contributed by atoms with Crippen molar-refractivity contribution >= 4 is 45.3 Å². The lowest BCUT2D eigenvalue weighted by Crippen LogP contribution is -2.28. The van der Waals surface area contributed by atoms with Gasteiger partial charge in [-0.3, -0.25) is 4.79 Å². The van der Waals surface area contributed by atoms with Crippen molar-refractivity contribution in [1.29, 1.82) is 0 Å². The van der Waals surface area contributed by atoms with Gasteiger partial charge in [-0.2, -0.15) is 4.68 Å². The zero-order valence-electron chi connectivity index (χ0n) is 12.6. The lowest BCUT2D eigenvalue weighted by atomic mass is 9.85. The number of thiophene rings is 1. The summed E-state index contributed by atoms with van der Waals surface area (Å²) in [6.45, 7) is 0. The zero-order chi connectivity index (χ0) is 16.6. The molecule has 0 radical (unpaired) electrons. The van der Waals surface area contributed by atoms with E-state index >= 15 is 0 Å². The van der Waals surface area contributed by atoms with Crippen molar-refractivity contribution < 1.29 is 23.9 Å². The summed E-state index contributed by atoms with van der Waals surface area (Å²) < 4.78 is 10.9. The van der Waals surface area contributed by atoms with E-state index in [1.165, 1.54) is 20.3 Å². The predicted octanol–water partition coefficient (Wildman–Crippen LogP) is 2.24. The van der Waals surface area contributed by atoms with Gasteiger partial charge in [0.15, 0.2) is 5.82 Å². The van der Waals surface area contributed by atoms with E-state index in [9.17, 15) is 14.4 Å².